The largest absolute Gasteiger partial charge is 0.493 e. The fraction of sp³-hybridized carbons (Fsp3) is 0.455. The lowest BCUT2D eigenvalue weighted by Gasteiger charge is -2.08. The first kappa shape index (κ1) is 15.9. The Labute approximate surface area is 112 Å². The highest BCUT2D eigenvalue weighted by Gasteiger charge is 2.14. The van der Waals surface area contributed by atoms with Crippen molar-refractivity contribution in [3.05, 3.63) is 24.0 Å². The lowest BCUT2D eigenvalue weighted by Crippen LogP contribution is -2.30. The van der Waals surface area contributed by atoms with E-state index in [0.717, 1.165) is 12.1 Å². The molecule has 0 radical (unpaired) electrons. The zero-order valence-electron chi connectivity index (χ0n) is 10.5. The van der Waals surface area contributed by atoms with E-state index >= 15 is 0 Å². The smallest absolute Gasteiger partial charge is 0.488 e. The number of hydrogen-bond acceptors (Lipinski definition) is 5. The van der Waals surface area contributed by atoms with E-state index < -0.39 is 22.8 Å². The third-order valence-corrected chi connectivity index (χ3v) is 4.29. The van der Waals surface area contributed by atoms with Gasteiger partial charge in [-0.3, -0.25) is 0 Å². The Balaban J connectivity index is 2.54. The molecule has 0 aliphatic carbocycles. The summed E-state index contributed by atoms with van der Waals surface area (Å²) in [6.45, 7) is 1.68. The van der Waals surface area contributed by atoms with E-state index in [9.17, 15) is 12.8 Å². The zero-order valence-corrected chi connectivity index (χ0v) is 11.4. The summed E-state index contributed by atoms with van der Waals surface area (Å²) in [6.07, 6.45) is 0.295. The minimum atomic E-state index is -3.04. The van der Waals surface area contributed by atoms with Crippen LogP contribution in [0.5, 0.6) is 5.75 Å². The molecule has 0 unspecified atom stereocenters. The highest BCUT2D eigenvalue weighted by molar-refractivity contribution is 7.91. The Morgan fingerprint density at radius 3 is 2.58 bits per heavy atom. The van der Waals surface area contributed by atoms with Crippen LogP contribution in [0.15, 0.2) is 18.2 Å². The number of rotatable bonds is 7. The molecule has 0 spiro atoms. The van der Waals surface area contributed by atoms with Crippen LogP contribution in [0.2, 0.25) is 0 Å². The van der Waals surface area contributed by atoms with E-state index in [1.54, 1.807) is 6.92 Å². The van der Waals surface area contributed by atoms with Crippen LogP contribution in [-0.2, 0) is 9.84 Å². The number of halogens is 1. The molecule has 0 aromatic heterocycles. The van der Waals surface area contributed by atoms with Crippen LogP contribution >= 0.6 is 0 Å². The van der Waals surface area contributed by atoms with Crippen LogP contribution < -0.4 is 10.2 Å². The predicted molar refractivity (Wildman–Crippen MR) is 70.7 cm³/mol. The van der Waals surface area contributed by atoms with E-state index in [-0.39, 0.29) is 29.3 Å². The van der Waals surface area contributed by atoms with E-state index in [1.807, 2.05) is 0 Å². The van der Waals surface area contributed by atoms with Crippen molar-refractivity contribution in [1.82, 2.24) is 0 Å². The molecule has 0 bridgehead atoms. The van der Waals surface area contributed by atoms with Crippen LogP contribution in [0.25, 0.3) is 0 Å². The predicted octanol–water partition coefficient (Wildman–Crippen LogP) is -0.291. The van der Waals surface area contributed by atoms with Crippen LogP contribution in [0, 0.1) is 5.82 Å². The summed E-state index contributed by atoms with van der Waals surface area (Å²) >= 11 is 0. The monoisotopic (exact) mass is 290 g/mol. The quantitative estimate of drug-likeness (QED) is 0.532. The van der Waals surface area contributed by atoms with Crippen LogP contribution in [0.3, 0.4) is 0 Å². The van der Waals surface area contributed by atoms with Gasteiger partial charge in [0.1, 0.15) is 21.4 Å². The molecule has 8 heteroatoms. The van der Waals surface area contributed by atoms with Crippen LogP contribution in [0.1, 0.15) is 13.3 Å². The molecule has 0 aliphatic heterocycles. The first-order chi connectivity index (χ1) is 8.84. The third kappa shape index (κ3) is 5.58. The SMILES string of the molecule is CCS(=O)(=O)CCCOc1cc(F)cc(B(O)O)c1. The molecule has 106 valence electrons. The van der Waals surface area contributed by atoms with Crippen molar-refractivity contribution in [1.29, 1.82) is 0 Å². The van der Waals surface area contributed by atoms with Gasteiger partial charge in [-0.25, -0.2) is 12.8 Å². The molecule has 0 saturated heterocycles. The number of hydrogen-bond donors (Lipinski definition) is 2. The summed E-state index contributed by atoms with van der Waals surface area (Å²) < 4.78 is 40.8. The van der Waals surface area contributed by atoms with Gasteiger partial charge in [-0.05, 0) is 24.0 Å². The van der Waals surface area contributed by atoms with E-state index in [2.05, 4.69) is 0 Å². The van der Waals surface area contributed by atoms with E-state index in [0.29, 0.717) is 6.42 Å². The second kappa shape index (κ2) is 6.88. The highest BCUT2D eigenvalue weighted by atomic mass is 32.2. The van der Waals surface area contributed by atoms with Gasteiger partial charge in [-0.15, -0.1) is 0 Å². The van der Waals surface area contributed by atoms with Crippen molar-refractivity contribution in [2.24, 2.45) is 0 Å². The Hall–Kier alpha value is -1.12. The number of benzene rings is 1. The molecule has 2 N–H and O–H groups in total. The van der Waals surface area contributed by atoms with Gasteiger partial charge in [0, 0.05) is 11.8 Å². The lowest BCUT2D eigenvalue weighted by molar-refractivity contribution is 0.316. The van der Waals surface area contributed by atoms with Crippen molar-refractivity contribution in [3.8, 4) is 5.75 Å². The molecule has 0 fully saturated rings. The van der Waals surface area contributed by atoms with Crippen molar-refractivity contribution in [2.75, 3.05) is 18.1 Å². The summed E-state index contributed by atoms with van der Waals surface area (Å²) in [6, 6.07) is 3.38. The lowest BCUT2D eigenvalue weighted by atomic mass is 9.80. The average molecular weight is 290 g/mol. The van der Waals surface area contributed by atoms with Gasteiger partial charge >= 0.3 is 7.12 Å². The average Bonchev–Trinajstić information content (AvgIpc) is 2.34. The zero-order chi connectivity index (χ0) is 14.5. The first-order valence-corrected chi connectivity index (χ1v) is 7.66. The maximum Gasteiger partial charge on any atom is 0.488 e. The molecule has 0 atom stereocenters. The molecule has 0 heterocycles. The third-order valence-electron chi connectivity index (χ3n) is 2.50. The topological polar surface area (TPSA) is 83.8 Å². The minimum absolute atomic E-state index is 0.00823. The molecule has 0 saturated carbocycles. The summed E-state index contributed by atoms with van der Waals surface area (Å²) in [4.78, 5) is 0. The molecule has 19 heavy (non-hydrogen) atoms. The molecule has 0 aliphatic rings. The summed E-state index contributed by atoms with van der Waals surface area (Å²) in [7, 11) is -4.82. The fourth-order valence-corrected chi connectivity index (χ4v) is 2.28. The first-order valence-electron chi connectivity index (χ1n) is 5.84. The van der Waals surface area contributed by atoms with Gasteiger partial charge in [0.2, 0.25) is 0 Å². The van der Waals surface area contributed by atoms with Crippen molar-refractivity contribution in [2.45, 2.75) is 13.3 Å². The molecular weight excluding hydrogens is 274 g/mol. The Bertz CT molecular complexity index is 518. The summed E-state index contributed by atoms with van der Waals surface area (Å²) in [5, 5.41) is 17.9. The van der Waals surface area contributed by atoms with Crippen molar-refractivity contribution >= 4 is 22.4 Å². The normalized spacial score (nSPS) is 11.4. The van der Waals surface area contributed by atoms with E-state index in [4.69, 9.17) is 14.8 Å². The maximum atomic E-state index is 13.1. The molecule has 1 rings (SSSR count). The standard InChI is InChI=1S/C11H16BFO5S/c1-2-19(16,17)5-3-4-18-11-7-9(12(14)15)6-10(13)8-11/h6-8,14-15H,2-5H2,1H3. The summed E-state index contributed by atoms with van der Waals surface area (Å²) in [5.41, 5.74) is -0.0174. The Morgan fingerprint density at radius 2 is 2.00 bits per heavy atom. The van der Waals surface area contributed by atoms with Gasteiger partial charge in [0.25, 0.3) is 0 Å². The fourth-order valence-electron chi connectivity index (χ4n) is 1.43. The second-order valence-electron chi connectivity index (χ2n) is 4.03. The second-order valence-corrected chi connectivity index (χ2v) is 6.51. The van der Waals surface area contributed by atoms with Gasteiger partial charge in [-0.2, -0.15) is 0 Å². The van der Waals surface area contributed by atoms with Gasteiger partial charge in [-0.1, -0.05) is 6.92 Å². The molecule has 0 amide bonds. The number of sulfone groups is 1. The maximum absolute atomic E-state index is 13.1. The molecular formula is C11H16BFO5S. The van der Waals surface area contributed by atoms with Gasteiger partial charge in [0.05, 0.1) is 12.4 Å². The molecule has 1 aromatic carbocycles. The van der Waals surface area contributed by atoms with Crippen LogP contribution in [-0.4, -0.2) is 43.7 Å². The molecule has 5 nitrogen and oxygen atoms in total. The molecule has 1 aromatic rings. The minimum Gasteiger partial charge on any atom is -0.493 e. The van der Waals surface area contributed by atoms with Gasteiger partial charge < -0.3 is 14.8 Å². The Morgan fingerprint density at radius 1 is 1.32 bits per heavy atom. The van der Waals surface area contributed by atoms with Gasteiger partial charge in [0.15, 0.2) is 0 Å². The van der Waals surface area contributed by atoms with Crippen LogP contribution in [0.4, 0.5) is 4.39 Å². The highest BCUT2D eigenvalue weighted by Crippen LogP contribution is 2.11. The summed E-state index contributed by atoms with van der Waals surface area (Å²) in [5.74, 6) is -0.430. The van der Waals surface area contributed by atoms with Crippen molar-refractivity contribution in [3.63, 3.8) is 0 Å². The van der Waals surface area contributed by atoms with Crippen molar-refractivity contribution < 1.29 is 27.6 Å². The van der Waals surface area contributed by atoms with E-state index in [1.165, 1.54) is 6.07 Å². The Kier molecular flexibility index (Phi) is 5.77. The number of ether oxygens (including phenoxy) is 1.